The number of rotatable bonds is 2. The smallest absolute Gasteiger partial charge is 0.219 e. The molecular weight excluding hydrogens is 500 g/mol. The summed E-state index contributed by atoms with van der Waals surface area (Å²) in [6, 6.07) is 15.7. The highest BCUT2D eigenvalue weighted by Gasteiger charge is 2.36. The number of hydrogen-bond acceptors (Lipinski definition) is 5. The molecule has 2 atom stereocenters. The van der Waals surface area contributed by atoms with Crippen molar-refractivity contribution in [3.05, 3.63) is 94.1 Å². The summed E-state index contributed by atoms with van der Waals surface area (Å²) in [7, 11) is 0. The number of aromatic amines is 1. The predicted octanol–water partition coefficient (Wildman–Crippen LogP) is 4.76. The molecule has 0 unspecified atom stereocenters. The molecule has 0 saturated carbocycles. The molecule has 4 aromatic rings. The van der Waals surface area contributed by atoms with Crippen molar-refractivity contribution in [1.29, 1.82) is 5.26 Å². The van der Waals surface area contributed by atoms with Crippen LogP contribution in [0.3, 0.4) is 0 Å². The Kier molecular flexibility index (Phi) is 5.80. The molecule has 7 rings (SSSR count). The Labute approximate surface area is 223 Å². The quantitative estimate of drug-likeness (QED) is 0.383. The van der Waals surface area contributed by atoms with E-state index in [2.05, 4.69) is 19.4 Å². The van der Waals surface area contributed by atoms with Crippen LogP contribution in [0.2, 0.25) is 0 Å². The SMILES string of the molecule is N#C/N=c1\[nH]c2cc(/C=C3\c4ccc(F)cc4COc4cc(F)ccc43)ccc2n1[C@@H]1C[C@@H]2COCCN2C1. The summed E-state index contributed by atoms with van der Waals surface area (Å²) >= 11 is 0. The van der Waals surface area contributed by atoms with Crippen LogP contribution in [0.15, 0.2) is 59.6 Å². The van der Waals surface area contributed by atoms with Crippen molar-refractivity contribution in [2.45, 2.75) is 25.1 Å². The summed E-state index contributed by atoms with van der Waals surface area (Å²) in [5, 5.41) is 9.39. The van der Waals surface area contributed by atoms with Gasteiger partial charge in [-0.15, -0.1) is 4.99 Å². The zero-order valence-electron chi connectivity index (χ0n) is 21.0. The van der Waals surface area contributed by atoms with Crippen LogP contribution in [0, 0.1) is 23.1 Å². The summed E-state index contributed by atoms with van der Waals surface area (Å²) in [6.07, 6.45) is 4.87. The Morgan fingerprint density at radius 1 is 1.03 bits per heavy atom. The van der Waals surface area contributed by atoms with Crippen LogP contribution < -0.4 is 10.4 Å². The number of halogens is 2. The monoisotopic (exact) mass is 525 g/mol. The number of nitrogens with zero attached hydrogens (tertiary/aromatic N) is 4. The summed E-state index contributed by atoms with van der Waals surface area (Å²) < 4.78 is 41.9. The minimum atomic E-state index is -0.397. The average molecular weight is 526 g/mol. The van der Waals surface area contributed by atoms with Gasteiger partial charge in [-0.2, -0.15) is 5.26 Å². The lowest BCUT2D eigenvalue weighted by atomic mass is 9.92. The first-order chi connectivity index (χ1) is 19.1. The van der Waals surface area contributed by atoms with Crippen molar-refractivity contribution in [1.82, 2.24) is 14.5 Å². The molecule has 2 fully saturated rings. The van der Waals surface area contributed by atoms with Gasteiger partial charge in [-0.25, -0.2) is 8.78 Å². The van der Waals surface area contributed by atoms with E-state index >= 15 is 0 Å². The van der Waals surface area contributed by atoms with E-state index in [-0.39, 0.29) is 18.5 Å². The maximum absolute atomic E-state index is 14.1. The Balaban J connectivity index is 1.35. The second-order valence-corrected chi connectivity index (χ2v) is 10.2. The van der Waals surface area contributed by atoms with Crippen molar-refractivity contribution in [2.24, 2.45) is 4.99 Å². The molecule has 3 aliphatic heterocycles. The van der Waals surface area contributed by atoms with Gasteiger partial charge in [0.15, 0.2) is 0 Å². The molecule has 196 valence electrons. The Hall–Kier alpha value is -4.26. The molecule has 0 amide bonds. The molecule has 1 aromatic heterocycles. The number of aromatic nitrogens is 2. The Morgan fingerprint density at radius 3 is 2.72 bits per heavy atom. The van der Waals surface area contributed by atoms with Crippen LogP contribution in [0.1, 0.15) is 34.7 Å². The number of fused-ring (bicyclic) bond motifs is 4. The van der Waals surface area contributed by atoms with Crippen molar-refractivity contribution in [3.63, 3.8) is 0 Å². The van der Waals surface area contributed by atoms with Gasteiger partial charge in [0.2, 0.25) is 11.8 Å². The standard InChI is InChI=1S/C30H25F2N5O2/c31-20-2-4-24-19(11-20)15-39-29-12-21(32)3-5-25(29)26(24)9-18-1-6-28-27(10-18)35-30(34-17-33)37(28)22-13-23-16-38-8-7-36(23)14-22/h1-6,9-12,22-23H,7-8,13-16H2,(H,34,35)/b26-9+/t22-,23-/m1/s1. The summed E-state index contributed by atoms with van der Waals surface area (Å²) in [5.41, 5.74) is 6.28. The maximum atomic E-state index is 14.1. The van der Waals surface area contributed by atoms with E-state index in [1.54, 1.807) is 12.1 Å². The van der Waals surface area contributed by atoms with Gasteiger partial charge in [0, 0.05) is 36.3 Å². The second kappa shape index (κ2) is 9.49. The van der Waals surface area contributed by atoms with E-state index in [1.807, 2.05) is 30.5 Å². The lowest BCUT2D eigenvalue weighted by Crippen LogP contribution is -2.40. The Bertz CT molecular complexity index is 1680. The Morgan fingerprint density at radius 2 is 1.87 bits per heavy atom. The summed E-state index contributed by atoms with van der Waals surface area (Å²) in [5.74, 6) is -0.339. The average Bonchev–Trinajstić information content (AvgIpc) is 3.47. The lowest BCUT2D eigenvalue weighted by Gasteiger charge is -2.28. The van der Waals surface area contributed by atoms with Gasteiger partial charge < -0.3 is 19.0 Å². The molecule has 9 heteroatoms. The normalized spacial score (nSPS) is 22.2. The summed E-state index contributed by atoms with van der Waals surface area (Å²) in [6.45, 7) is 3.40. The minimum Gasteiger partial charge on any atom is -0.488 e. The number of hydrogen-bond donors (Lipinski definition) is 1. The van der Waals surface area contributed by atoms with E-state index < -0.39 is 5.82 Å². The number of H-pyrrole nitrogens is 1. The van der Waals surface area contributed by atoms with Crippen LogP contribution in [0.4, 0.5) is 8.78 Å². The first-order valence-electron chi connectivity index (χ1n) is 13.0. The molecule has 4 heterocycles. The zero-order valence-corrected chi connectivity index (χ0v) is 21.0. The van der Waals surface area contributed by atoms with Gasteiger partial charge in [-0.3, -0.25) is 4.90 Å². The molecule has 3 aromatic carbocycles. The van der Waals surface area contributed by atoms with Gasteiger partial charge in [0.25, 0.3) is 0 Å². The van der Waals surface area contributed by atoms with Crippen LogP contribution in [-0.2, 0) is 11.3 Å². The fourth-order valence-electron chi connectivity index (χ4n) is 6.15. The van der Waals surface area contributed by atoms with Crippen LogP contribution in [-0.4, -0.2) is 46.8 Å². The molecule has 2 saturated heterocycles. The molecule has 39 heavy (non-hydrogen) atoms. The van der Waals surface area contributed by atoms with Gasteiger partial charge in [0.05, 0.1) is 30.3 Å². The van der Waals surface area contributed by atoms with E-state index in [0.29, 0.717) is 23.0 Å². The fraction of sp³-hybridized carbons (Fsp3) is 0.267. The van der Waals surface area contributed by atoms with Gasteiger partial charge in [-0.1, -0.05) is 12.1 Å². The predicted molar refractivity (Wildman–Crippen MR) is 141 cm³/mol. The summed E-state index contributed by atoms with van der Waals surface area (Å²) in [4.78, 5) is 9.89. The minimum absolute atomic E-state index is 0.139. The van der Waals surface area contributed by atoms with E-state index in [1.165, 1.54) is 24.3 Å². The highest BCUT2D eigenvalue weighted by Crippen LogP contribution is 2.39. The number of morpholine rings is 1. The fourth-order valence-corrected chi connectivity index (χ4v) is 6.15. The van der Waals surface area contributed by atoms with Crippen molar-refractivity contribution in [2.75, 3.05) is 26.3 Å². The first-order valence-corrected chi connectivity index (χ1v) is 13.0. The van der Waals surface area contributed by atoms with Crippen molar-refractivity contribution >= 4 is 22.7 Å². The van der Waals surface area contributed by atoms with Crippen LogP contribution in [0.5, 0.6) is 5.75 Å². The molecule has 3 aliphatic rings. The largest absolute Gasteiger partial charge is 0.488 e. The van der Waals surface area contributed by atoms with Gasteiger partial charge in [-0.05, 0) is 65.6 Å². The van der Waals surface area contributed by atoms with Crippen molar-refractivity contribution < 1.29 is 18.3 Å². The highest BCUT2D eigenvalue weighted by molar-refractivity contribution is 5.95. The third kappa shape index (κ3) is 4.22. The number of benzene rings is 3. The zero-order chi connectivity index (χ0) is 26.5. The molecule has 1 N–H and O–H groups in total. The van der Waals surface area contributed by atoms with Gasteiger partial charge in [0.1, 0.15) is 24.0 Å². The molecule has 0 bridgehead atoms. The second-order valence-electron chi connectivity index (χ2n) is 10.2. The molecular formula is C30H25F2N5O2. The van der Waals surface area contributed by atoms with Crippen LogP contribution >= 0.6 is 0 Å². The van der Waals surface area contributed by atoms with Gasteiger partial charge >= 0.3 is 0 Å². The molecule has 0 spiro atoms. The number of ether oxygens (including phenoxy) is 2. The molecule has 0 aliphatic carbocycles. The van der Waals surface area contributed by atoms with Crippen LogP contribution in [0.25, 0.3) is 22.7 Å². The third-order valence-corrected chi connectivity index (χ3v) is 7.90. The van der Waals surface area contributed by atoms with E-state index in [4.69, 9.17) is 9.47 Å². The lowest BCUT2D eigenvalue weighted by molar-refractivity contribution is 0.0128. The van der Waals surface area contributed by atoms with E-state index in [9.17, 15) is 14.0 Å². The number of nitriles is 1. The van der Waals surface area contributed by atoms with Crippen molar-refractivity contribution in [3.8, 4) is 11.9 Å². The number of nitrogens with one attached hydrogen (secondary N) is 1. The highest BCUT2D eigenvalue weighted by atomic mass is 19.1. The topological polar surface area (TPSA) is 78.6 Å². The van der Waals surface area contributed by atoms with E-state index in [0.717, 1.165) is 66.0 Å². The molecule has 7 nitrogen and oxygen atoms in total. The third-order valence-electron chi connectivity index (χ3n) is 7.90. The number of imidazole rings is 1. The maximum Gasteiger partial charge on any atom is 0.219 e. The molecule has 0 radical (unpaired) electrons. The first kappa shape index (κ1) is 23.8.